The molecular weight excluding hydrogens is 501 g/mol. The van der Waals surface area contributed by atoms with E-state index in [2.05, 4.69) is 40.7 Å². The highest BCUT2D eigenvalue weighted by atomic mass is 19.4. The molecule has 1 aliphatic carbocycles. The molecule has 0 bridgehead atoms. The minimum atomic E-state index is -4.77. The second-order valence-electron chi connectivity index (χ2n) is 10.7. The zero-order valence-corrected chi connectivity index (χ0v) is 21.4. The fourth-order valence-corrected chi connectivity index (χ4v) is 5.44. The molecule has 1 saturated carbocycles. The van der Waals surface area contributed by atoms with Crippen LogP contribution < -0.4 is 15.4 Å². The summed E-state index contributed by atoms with van der Waals surface area (Å²) in [7, 11) is 0. The maximum atomic E-state index is 12.6. The Morgan fingerprint density at radius 2 is 1.87 bits per heavy atom. The van der Waals surface area contributed by atoms with E-state index in [1.165, 1.54) is 24.3 Å². The maximum absolute atomic E-state index is 12.6. The van der Waals surface area contributed by atoms with E-state index < -0.39 is 18.2 Å². The van der Waals surface area contributed by atoms with E-state index in [1.807, 2.05) is 6.07 Å². The van der Waals surface area contributed by atoms with Crippen molar-refractivity contribution >= 4 is 34.5 Å². The molecule has 1 heterocycles. The highest BCUT2D eigenvalue weighted by Crippen LogP contribution is 2.46. The first-order chi connectivity index (χ1) is 17.8. The van der Waals surface area contributed by atoms with E-state index in [-0.39, 0.29) is 30.2 Å². The summed E-state index contributed by atoms with van der Waals surface area (Å²) >= 11 is 0. The fourth-order valence-electron chi connectivity index (χ4n) is 5.44. The number of imidazole rings is 1. The normalized spacial score (nSPS) is 19.2. The van der Waals surface area contributed by atoms with Crippen LogP contribution in [0.3, 0.4) is 0 Å². The topological polar surface area (TPSA) is 105 Å². The highest BCUT2D eigenvalue weighted by Gasteiger charge is 2.35. The van der Waals surface area contributed by atoms with E-state index in [1.54, 1.807) is 12.1 Å². The van der Waals surface area contributed by atoms with Crippen molar-refractivity contribution in [1.29, 1.82) is 0 Å². The number of carboxylic acid groups (broad SMARTS) is 1. The number of benzene rings is 2. The van der Waals surface area contributed by atoms with E-state index in [0.29, 0.717) is 28.6 Å². The van der Waals surface area contributed by atoms with Crippen molar-refractivity contribution in [2.45, 2.75) is 58.9 Å². The molecule has 4 rings (SSSR count). The number of hydrogen-bond acceptors (Lipinski definition) is 5. The molecule has 204 valence electrons. The van der Waals surface area contributed by atoms with Crippen LogP contribution in [0.2, 0.25) is 0 Å². The summed E-state index contributed by atoms with van der Waals surface area (Å²) in [5.41, 5.74) is 2.39. The van der Waals surface area contributed by atoms with E-state index in [0.717, 1.165) is 24.8 Å². The largest absolute Gasteiger partial charge is 0.573 e. The van der Waals surface area contributed by atoms with Crippen molar-refractivity contribution in [1.82, 2.24) is 14.9 Å². The number of nitrogens with zero attached hydrogens (tertiary/aromatic N) is 2. The first-order valence-corrected chi connectivity index (χ1v) is 12.4. The number of alkyl halides is 3. The summed E-state index contributed by atoms with van der Waals surface area (Å²) < 4.78 is 43.7. The molecule has 1 aliphatic rings. The zero-order valence-electron chi connectivity index (χ0n) is 21.4. The molecule has 0 saturated heterocycles. The van der Waals surface area contributed by atoms with Gasteiger partial charge in [0.15, 0.2) is 0 Å². The molecule has 3 aromatic rings. The lowest BCUT2D eigenvalue weighted by molar-refractivity contribution is -0.274. The van der Waals surface area contributed by atoms with Gasteiger partial charge in [-0.05, 0) is 73.1 Å². The molecule has 1 aromatic heterocycles. The van der Waals surface area contributed by atoms with Crippen LogP contribution >= 0.6 is 0 Å². The van der Waals surface area contributed by atoms with Crippen LogP contribution in [0, 0.1) is 11.3 Å². The number of aromatic nitrogens is 2. The maximum Gasteiger partial charge on any atom is 0.573 e. The average Bonchev–Trinajstić information content (AvgIpc) is 3.14. The van der Waals surface area contributed by atoms with E-state index in [4.69, 9.17) is 10.1 Å². The van der Waals surface area contributed by atoms with Gasteiger partial charge in [0.2, 0.25) is 5.95 Å². The Morgan fingerprint density at radius 3 is 2.50 bits per heavy atom. The summed E-state index contributed by atoms with van der Waals surface area (Å²) in [4.78, 5) is 28.1. The highest BCUT2D eigenvalue weighted by molar-refractivity contribution is 5.98. The van der Waals surface area contributed by atoms with Crippen molar-refractivity contribution < 1.29 is 32.6 Å². The number of fused-ring (bicyclic) bond motifs is 1. The smallest absolute Gasteiger partial charge is 0.481 e. The summed E-state index contributed by atoms with van der Waals surface area (Å²) in [6, 6.07) is 10.7. The van der Waals surface area contributed by atoms with Crippen LogP contribution in [0.4, 0.5) is 24.8 Å². The monoisotopic (exact) mass is 532 g/mol. The van der Waals surface area contributed by atoms with Gasteiger partial charge in [-0.2, -0.15) is 0 Å². The summed E-state index contributed by atoms with van der Waals surface area (Å²) in [5, 5.41) is 14.6. The Kier molecular flexibility index (Phi) is 7.57. The lowest BCUT2D eigenvalue weighted by Gasteiger charge is -2.40. The number of nitrogens with one attached hydrogen (secondary N) is 2. The van der Waals surface area contributed by atoms with Crippen molar-refractivity contribution in [2.75, 3.05) is 11.9 Å². The third-order valence-corrected chi connectivity index (χ3v) is 6.65. The number of amides is 1. The molecule has 1 amide bonds. The molecule has 11 heteroatoms. The van der Waals surface area contributed by atoms with Gasteiger partial charge in [0.25, 0.3) is 5.91 Å². The van der Waals surface area contributed by atoms with Gasteiger partial charge in [-0.1, -0.05) is 20.8 Å². The van der Waals surface area contributed by atoms with Crippen molar-refractivity contribution in [3.63, 3.8) is 0 Å². The summed E-state index contributed by atoms with van der Waals surface area (Å²) in [5.74, 6) is -0.726. The van der Waals surface area contributed by atoms with Crippen LogP contribution in [0.15, 0.2) is 42.5 Å². The Bertz CT molecular complexity index is 1320. The van der Waals surface area contributed by atoms with Gasteiger partial charge in [-0.3, -0.25) is 9.59 Å². The standard InChI is InChI=1S/C27H31F3N4O4/c1-16-12-19(15-26(2,3)14-16)34-22-9-4-17(24(37)31-11-10-23(35)36)13-21(22)33-25(34)32-18-5-7-20(8-6-18)38-27(28,29)30/h4-9,13,16,19H,10-12,14-15H2,1-3H3,(H,31,37)(H,32,33)(H,35,36)/t16-,19+/m1/s1. The number of aliphatic carboxylic acids is 1. The van der Waals surface area contributed by atoms with Crippen LogP contribution in [-0.4, -0.2) is 39.4 Å². The van der Waals surface area contributed by atoms with Crippen molar-refractivity contribution in [3.05, 3.63) is 48.0 Å². The van der Waals surface area contributed by atoms with Gasteiger partial charge < -0.3 is 25.0 Å². The zero-order chi connectivity index (χ0) is 27.7. The first-order valence-electron chi connectivity index (χ1n) is 12.4. The Balaban J connectivity index is 1.68. The fraction of sp³-hybridized carbons (Fsp3) is 0.444. The Labute approximate surface area is 218 Å². The van der Waals surface area contributed by atoms with E-state index in [9.17, 15) is 22.8 Å². The SMILES string of the molecule is C[C@@H]1C[C@H](n2c(Nc3ccc(OC(F)(F)F)cc3)nc3cc(C(=O)NCCC(=O)O)ccc32)CC(C)(C)C1. The minimum Gasteiger partial charge on any atom is -0.481 e. The molecule has 0 spiro atoms. The van der Waals surface area contributed by atoms with E-state index >= 15 is 0 Å². The predicted octanol–water partition coefficient (Wildman–Crippen LogP) is 6.27. The Morgan fingerprint density at radius 1 is 1.16 bits per heavy atom. The van der Waals surface area contributed by atoms with Gasteiger partial charge in [-0.25, -0.2) is 4.98 Å². The third kappa shape index (κ3) is 6.76. The van der Waals surface area contributed by atoms with Gasteiger partial charge in [-0.15, -0.1) is 13.2 Å². The molecular formula is C27H31F3N4O4. The number of carbonyl (C=O) groups excluding carboxylic acids is 1. The first kappa shape index (κ1) is 27.3. The number of rotatable bonds is 8. The minimum absolute atomic E-state index is 0.0105. The lowest BCUT2D eigenvalue weighted by atomic mass is 9.70. The number of hydrogen-bond donors (Lipinski definition) is 3. The van der Waals surface area contributed by atoms with Gasteiger partial charge in [0.05, 0.1) is 17.5 Å². The molecule has 1 fully saturated rings. The Hall–Kier alpha value is -3.76. The molecule has 3 N–H and O–H groups in total. The molecule has 8 nitrogen and oxygen atoms in total. The second kappa shape index (κ2) is 10.5. The molecule has 2 aromatic carbocycles. The number of ether oxygens (including phenoxy) is 1. The van der Waals surface area contributed by atoms with Gasteiger partial charge in [0.1, 0.15) is 5.75 Å². The van der Waals surface area contributed by atoms with Crippen molar-refractivity contribution in [2.24, 2.45) is 11.3 Å². The quantitative estimate of drug-likeness (QED) is 0.316. The van der Waals surface area contributed by atoms with Crippen LogP contribution in [0.1, 0.15) is 62.9 Å². The molecule has 2 atom stereocenters. The van der Waals surface area contributed by atoms with Gasteiger partial charge >= 0.3 is 12.3 Å². The summed E-state index contributed by atoms with van der Waals surface area (Å²) in [6.45, 7) is 6.71. The molecule has 0 radical (unpaired) electrons. The second-order valence-corrected chi connectivity index (χ2v) is 10.7. The van der Waals surface area contributed by atoms with Crippen LogP contribution in [0.5, 0.6) is 5.75 Å². The number of halogens is 3. The number of carbonyl (C=O) groups is 2. The number of anilines is 2. The van der Waals surface area contributed by atoms with Crippen LogP contribution in [0.25, 0.3) is 11.0 Å². The molecule has 0 unspecified atom stereocenters. The summed E-state index contributed by atoms with van der Waals surface area (Å²) in [6.07, 6.45) is -2.02. The van der Waals surface area contributed by atoms with Crippen LogP contribution in [-0.2, 0) is 4.79 Å². The lowest BCUT2D eigenvalue weighted by Crippen LogP contribution is -2.29. The third-order valence-electron chi connectivity index (χ3n) is 6.65. The van der Waals surface area contributed by atoms with Crippen molar-refractivity contribution in [3.8, 4) is 5.75 Å². The number of carboxylic acids is 1. The predicted molar refractivity (Wildman–Crippen MR) is 137 cm³/mol. The average molecular weight is 533 g/mol. The van der Waals surface area contributed by atoms with Gasteiger partial charge in [0, 0.05) is 23.8 Å². The molecule has 38 heavy (non-hydrogen) atoms. The molecule has 0 aliphatic heterocycles.